The molecule has 0 fully saturated rings. The second kappa shape index (κ2) is 7.33. The van der Waals surface area contributed by atoms with Crippen molar-refractivity contribution in [3.8, 4) is 11.1 Å². The Morgan fingerprint density at radius 3 is 2.31 bits per heavy atom. The number of aromatic nitrogens is 3. The van der Waals surface area contributed by atoms with Gasteiger partial charge >= 0.3 is 17.8 Å². The molecule has 0 amide bonds. The smallest absolute Gasteiger partial charge is 0.391 e. The van der Waals surface area contributed by atoms with Crippen molar-refractivity contribution in [1.29, 1.82) is 0 Å². The van der Waals surface area contributed by atoms with Crippen LogP contribution in [0.4, 0.5) is 36.4 Å². The fourth-order valence-corrected chi connectivity index (χ4v) is 2.84. The number of alkyl halides is 3. The molecule has 0 saturated heterocycles. The summed E-state index contributed by atoms with van der Waals surface area (Å²) in [6.45, 7) is 1.09. The fourth-order valence-electron chi connectivity index (χ4n) is 2.84. The van der Waals surface area contributed by atoms with E-state index in [4.69, 9.17) is 0 Å². The average Bonchev–Trinajstić information content (AvgIpc) is 2.55. The SMILES string of the molecule is CC(CC(F)(F)F)Nc1c(-c2c(F)cc(F)cc2F)c(F)nc2c1ncc[n+]2[O-]. The van der Waals surface area contributed by atoms with E-state index in [1.54, 1.807) is 0 Å². The van der Waals surface area contributed by atoms with E-state index in [1.165, 1.54) is 0 Å². The Morgan fingerprint density at radius 2 is 1.72 bits per heavy atom. The summed E-state index contributed by atoms with van der Waals surface area (Å²) in [5, 5.41) is 14.2. The first kappa shape index (κ1) is 20.6. The van der Waals surface area contributed by atoms with Crippen molar-refractivity contribution in [2.24, 2.45) is 0 Å². The van der Waals surface area contributed by atoms with Gasteiger partial charge in [0.1, 0.15) is 23.6 Å². The standard InChI is InChI=1S/C17H11F7N4O/c1-7(6-17(22,23)24)26-13-12(11-9(19)4-8(18)5-10(11)20)15(21)27-16-14(13)25-2-3-28(16)29/h2-5,7H,6H2,1H3,(H,26,27). The number of anilines is 1. The number of rotatable bonds is 4. The molecule has 0 aliphatic rings. The zero-order chi connectivity index (χ0) is 21.5. The lowest BCUT2D eigenvalue weighted by Gasteiger charge is -2.20. The quantitative estimate of drug-likeness (QED) is 0.297. The van der Waals surface area contributed by atoms with Crippen LogP contribution < -0.4 is 10.0 Å². The Hall–Kier alpha value is -3.18. The predicted molar refractivity (Wildman–Crippen MR) is 87.5 cm³/mol. The summed E-state index contributed by atoms with van der Waals surface area (Å²) >= 11 is 0. The van der Waals surface area contributed by atoms with Gasteiger partial charge in [0.05, 0.1) is 29.4 Å². The van der Waals surface area contributed by atoms with E-state index in [0.29, 0.717) is 0 Å². The third-order valence-corrected chi connectivity index (χ3v) is 3.91. The van der Waals surface area contributed by atoms with Gasteiger partial charge in [-0.15, -0.1) is 0 Å². The van der Waals surface area contributed by atoms with Crippen molar-refractivity contribution in [2.45, 2.75) is 25.6 Å². The molecule has 5 nitrogen and oxygen atoms in total. The Labute approximate surface area is 158 Å². The maximum absolute atomic E-state index is 14.7. The first-order valence-electron chi connectivity index (χ1n) is 8.03. The maximum atomic E-state index is 14.7. The molecule has 2 aromatic heterocycles. The van der Waals surface area contributed by atoms with Gasteiger partial charge in [-0.1, -0.05) is 0 Å². The van der Waals surface area contributed by atoms with E-state index >= 15 is 0 Å². The van der Waals surface area contributed by atoms with Crippen LogP contribution in [0, 0.1) is 28.6 Å². The second-order valence-electron chi connectivity index (χ2n) is 6.19. The number of hydrogen-bond donors (Lipinski definition) is 1. The lowest BCUT2D eigenvalue weighted by molar-refractivity contribution is -0.579. The van der Waals surface area contributed by atoms with Crippen LogP contribution in [-0.4, -0.2) is 22.2 Å². The first-order chi connectivity index (χ1) is 13.5. The molecule has 0 aliphatic heterocycles. The molecule has 1 unspecified atom stereocenters. The first-order valence-corrected chi connectivity index (χ1v) is 8.03. The summed E-state index contributed by atoms with van der Waals surface area (Å²) in [4.78, 5) is 7.11. The lowest BCUT2D eigenvalue weighted by atomic mass is 10.0. The van der Waals surface area contributed by atoms with Gasteiger partial charge in [-0.05, 0) is 11.9 Å². The molecule has 1 aromatic carbocycles. The second-order valence-corrected chi connectivity index (χ2v) is 6.19. The Morgan fingerprint density at radius 1 is 1.10 bits per heavy atom. The number of hydrogen-bond acceptors (Lipinski definition) is 4. The van der Waals surface area contributed by atoms with Crippen molar-refractivity contribution >= 4 is 16.9 Å². The Balaban J connectivity index is 2.31. The molecule has 0 spiro atoms. The van der Waals surface area contributed by atoms with Gasteiger partial charge in [0, 0.05) is 18.2 Å². The Kier molecular flexibility index (Phi) is 5.20. The zero-order valence-corrected chi connectivity index (χ0v) is 14.5. The molecular formula is C17H11F7N4O. The normalized spacial score (nSPS) is 13.0. The molecule has 0 aliphatic carbocycles. The summed E-state index contributed by atoms with van der Waals surface area (Å²) in [5.41, 5.74) is -3.61. The Bertz CT molecular complexity index is 1060. The van der Waals surface area contributed by atoms with Gasteiger partial charge in [0.2, 0.25) is 0 Å². The molecule has 0 bridgehead atoms. The molecule has 3 rings (SSSR count). The van der Waals surface area contributed by atoms with Crippen LogP contribution in [0.2, 0.25) is 0 Å². The third kappa shape index (κ3) is 4.15. The van der Waals surface area contributed by atoms with Crippen molar-refractivity contribution in [2.75, 3.05) is 5.32 Å². The molecule has 2 heterocycles. The number of nitrogens with zero attached hydrogens (tertiary/aromatic N) is 3. The molecule has 3 aromatic rings. The summed E-state index contributed by atoms with van der Waals surface area (Å²) < 4.78 is 94.7. The molecule has 12 heteroatoms. The van der Waals surface area contributed by atoms with Crippen molar-refractivity contribution in [1.82, 2.24) is 9.97 Å². The van der Waals surface area contributed by atoms with Crippen LogP contribution in [0.5, 0.6) is 0 Å². The minimum Gasteiger partial charge on any atom is -0.710 e. The summed E-state index contributed by atoms with van der Waals surface area (Å²) in [7, 11) is 0. The monoisotopic (exact) mass is 420 g/mol. The van der Waals surface area contributed by atoms with E-state index < -0.39 is 70.0 Å². The van der Waals surface area contributed by atoms with E-state index in [1.807, 2.05) is 0 Å². The maximum Gasteiger partial charge on any atom is 0.391 e. The molecule has 0 radical (unpaired) electrons. The van der Waals surface area contributed by atoms with Crippen LogP contribution in [0.25, 0.3) is 22.3 Å². The number of fused-ring (bicyclic) bond motifs is 1. The van der Waals surface area contributed by atoms with Gasteiger partial charge in [-0.3, -0.25) is 0 Å². The number of benzene rings is 1. The van der Waals surface area contributed by atoms with Crippen LogP contribution in [0.1, 0.15) is 13.3 Å². The van der Waals surface area contributed by atoms with Gasteiger partial charge in [-0.2, -0.15) is 17.6 Å². The highest BCUT2D eigenvalue weighted by molar-refractivity contribution is 5.94. The van der Waals surface area contributed by atoms with E-state index in [9.17, 15) is 35.9 Å². The third-order valence-electron chi connectivity index (χ3n) is 3.91. The molecule has 29 heavy (non-hydrogen) atoms. The lowest BCUT2D eigenvalue weighted by Crippen LogP contribution is -2.30. The molecular weight excluding hydrogens is 409 g/mol. The van der Waals surface area contributed by atoms with Crippen LogP contribution in [0.15, 0.2) is 24.5 Å². The average molecular weight is 420 g/mol. The highest BCUT2D eigenvalue weighted by atomic mass is 19.4. The molecule has 1 N–H and O–H groups in total. The minimum absolute atomic E-state index is 0.0895. The van der Waals surface area contributed by atoms with E-state index in [0.717, 1.165) is 19.3 Å². The zero-order valence-electron chi connectivity index (χ0n) is 14.5. The van der Waals surface area contributed by atoms with E-state index in [2.05, 4.69) is 15.3 Å². The minimum atomic E-state index is -4.60. The van der Waals surface area contributed by atoms with Crippen molar-refractivity contribution < 1.29 is 35.5 Å². The van der Waals surface area contributed by atoms with Crippen molar-refractivity contribution in [3.05, 3.63) is 53.1 Å². The van der Waals surface area contributed by atoms with Crippen LogP contribution >= 0.6 is 0 Å². The number of nitrogens with one attached hydrogen (secondary N) is 1. The summed E-state index contributed by atoms with van der Waals surface area (Å²) in [6, 6.07) is -0.846. The summed E-state index contributed by atoms with van der Waals surface area (Å²) in [6.07, 6.45) is -4.17. The molecule has 1 atom stereocenters. The highest BCUT2D eigenvalue weighted by Crippen LogP contribution is 2.38. The topological polar surface area (TPSA) is 64.8 Å². The number of pyridine rings is 1. The van der Waals surface area contributed by atoms with E-state index in [-0.39, 0.29) is 16.9 Å². The van der Waals surface area contributed by atoms with Crippen molar-refractivity contribution in [3.63, 3.8) is 0 Å². The van der Waals surface area contributed by atoms with Gasteiger partial charge in [0.15, 0.2) is 5.52 Å². The molecule has 154 valence electrons. The fraction of sp³-hybridized carbons (Fsp3) is 0.235. The largest absolute Gasteiger partial charge is 0.710 e. The number of halogens is 7. The molecule has 0 saturated carbocycles. The van der Waals surface area contributed by atoms with Gasteiger partial charge in [0.25, 0.3) is 0 Å². The van der Waals surface area contributed by atoms with Gasteiger partial charge in [-0.25, -0.2) is 22.9 Å². The summed E-state index contributed by atoms with van der Waals surface area (Å²) in [5.74, 6) is -5.87. The highest BCUT2D eigenvalue weighted by Gasteiger charge is 2.33. The van der Waals surface area contributed by atoms with Crippen LogP contribution in [-0.2, 0) is 0 Å². The predicted octanol–water partition coefficient (Wildman–Crippen LogP) is 4.24. The van der Waals surface area contributed by atoms with Gasteiger partial charge < -0.3 is 10.5 Å². The van der Waals surface area contributed by atoms with Crippen LogP contribution in [0.3, 0.4) is 0 Å².